The molecule has 1 aromatic carbocycles. The zero-order valence-electron chi connectivity index (χ0n) is 13.5. The summed E-state index contributed by atoms with van der Waals surface area (Å²) in [5.41, 5.74) is 0.333. The Balaban J connectivity index is 1.68. The molecule has 2 aromatic rings. The van der Waals surface area contributed by atoms with Crippen LogP contribution in [0.4, 0.5) is 14.6 Å². The minimum atomic E-state index is -3.18. The summed E-state index contributed by atoms with van der Waals surface area (Å²) in [6.45, 7) is 1.73. The number of rotatable bonds is 2. The first kappa shape index (κ1) is 16.6. The van der Waals surface area contributed by atoms with Crippen LogP contribution >= 0.6 is 0 Å². The molecule has 1 unspecified atom stereocenters. The molecule has 0 amide bonds. The number of aromatic nitrogens is 2. The molecule has 6 nitrogen and oxygen atoms in total. The fourth-order valence-electron chi connectivity index (χ4n) is 3.74. The third-order valence-electron chi connectivity index (χ3n) is 4.90. The van der Waals surface area contributed by atoms with E-state index in [0.717, 1.165) is 25.0 Å². The van der Waals surface area contributed by atoms with Crippen molar-refractivity contribution in [3.63, 3.8) is 0 Å². The standard InChI is InChI=1S/C16H18F2N4O2S/c17-13-7-12-15(8-14(13)18)19-10-20-16(12)21-4-1-3-11(9-21)22-5-2-6-25(22,23)24/h7-8,10-11H,1-6,9H2. The predicted molar refractivity (Wildman–Crippen MR) is 89.8 cm³/mol. The minimum absolute atomic E-state index is 0.114. The lowest BCUT2D eigenvalue weighted by molar-refractivity contribution is 0.298. The second-order valence-electron chi connectivity index (χ2n) is 6.50. The smallest absolute Gasteiger partial charge is 0.214 e. The highest BCUT2D eigenvalue weighted by molar-refractivity contribution is 7.89. The summed E-state index contributed by atoms with van der Waals surface area (Å²) in [6.07, 6.45) is 3.58. The summed E-state index contributed by atoms with van der Waals surface area (Å²) in [6, 6.07) is 2.05. The van der Waals surface area contributed by atoms with Crippen LogP contribution in [-0.2, 0) is 10.0 Å². The van der Waals surface area contributed by atoms with Gasteiger partial charge in [0.2, 0.25) is 10.0 Å². The number of nitrogens with zero attached hydrogens (tertiary/aromatic N) is 4. The molecule has 0 spiro atoms. The highest BCUT2D eigenvalue weighted by Crippen LogP contribution is 2.30. The van der Waals surface area contributed by atoms with Gasteiger partial charge in [-0.25, -0.2) is 27.2 Å². The van der Waals surface area contributed by atoms with Gasteiger partial charge < -0.3 is 4.90 Å². The third-order valence-corrected chi connectivity index (χ3v) is 6.90. The topological polar surface area (TPSA) is 66.4 Å². The second-order valence-corrected chi connectivity index (χ2v) is 8.54. The van der Waals surface area contributed by atoms with E-state index < -0.39 is 21.7 Å². The maximum atomic E-state index is 13.7. The average molecular weight is 368 g/mol. The van der Waals surface area contributed by atoms with Gasteiger partial charge in [0.05, 0.1) is 11.3 Å². The SMILES string of the molecule is O=S1(=O)CCCN1C1CCCN(c2ncnc3cc(F)c(F)cc23)C1. The fourth-order valence-corrected chi connectivity index (χ4v) is 5.50. The molecule has 0 N–H and O–H groups in total. The van der Waals surface area contributed by atoms with Gasteiger partial charge in [-0.1, -0.05) is 0 Å². The molecule has 0 radical (unpaired) electrons. The summed E-state index contributed by atoms with van der Waals surface area (Å²) in [5.74, 6) is -1.18. The van der Waals surface area contributed by atoms with Gasteiger partial charge in [0, 0.05) is 37.1 Å². The van der Waals surface area contributed by atoms with Crippen molar-refractivity contribution in [3.8, 4) is 0 Å². The van der Waals surface area contributed by atoms with Crippen molar-refractivity contribution in [3.05, 3.63) is 30.1 Å². The first-order valence-corrected chi connectivity index (χ1v) is 9.91. The molecule has 1 aromatic heterocycles. The van der Waals surface area contributed by atoms with Gasteiger partial charge in [0.15, 0.2) is 11.6 Å². The lowest BCUT2D eigenvalue weighted by Crippen LogP contribution is -2.48. The third kappa shape index (κ3) is 2.95. The van der Waals surface area contributed by atoms with E-state index >= 15 is 0 Å². The van der Waals surface area contributed by atoms with E-state index in [1.54, 1.807) is 4.31 Å². The normalized spacial score (nSPS) is 24.1. The molecule has 0 saturated carbocycles. The molecule has 134 valence electrons. The van der Waals surface area contributed by atoms with Crippen LogP contribution in [0.15, 0.2) is 18.5 Å². The fraction of sp³-hybridized carbons (Fsp3) is 0.500. The average Bonchev–Trinajstić information content (AvgIpc) is 2.95. The Bertz CT molecular complexity index is 922. The molecule has 2 saturated heterocycles. The molecule has 2 fully saturated rings. The highest BCUT2D eigenvalue weighted by atomic mass is 32.2. The van der Waals surface area contributed by atoms with E-state index in [-0.39, 0.29) is 11.8 Å². The van der Waals surface area contributed by atoms with E-state index in [0.29, 0.717) is 42.8 Å². The van der Waals surface area contributed by atoms with Crippen molar-refractivity contribution in [1.29, 1.82) is 0 Å². The van der Waals surface area contributed by atoms with Gasteiger partial charge in [-0.05, 0) is 25.3 Å². The first-order valence-electron chi connectivity index (χ1n) is 8.30. The summed E-state index contributed by atoms with van der Waals surface area (Å²) < 4.78 is 53.1. The van der Waals surface area contributed by atoms with Crippen LogP contribution in [0.5, 0.6) is 0 Å². The molecule has 25 heavy (non-hydrogen) atoms. The Hall–Kier alpha value is -1.87. The van der Waals surface area contributed by atoms with Crippen molar-refractivity contribution >= 4 is 26.7 Å². The van der Waals surface area contributed by atoms with Crippen molar-refractivity contribution in [2.75, 3.05) is 30.3 Å². The van der Waals surface area contributed by atoms with Gasteiger partial charge in [-0.3, -0.25) is 0 Å². The first-order chi connectivity index (χ1) is 12.0. The molecule has 2 aliphatic rings. The van der Waals surface area contributed by atoms with Gasteiger partial charge >= 0.3 is 0 Å². The van der Waals surface area contributed by atoms with Gasteiger partial charge in [0.25, 0.3) is 0 Å². The van der Waals surface area contributed by atoms with Crippen LogP contribution < -0.4 is 4.90 Å². The number of sulfonamides is 1. The quantitative estimate of drug-likeness (QED) is 0.810. The van der Waals surface area contributed by atoms with E-state index in [9.17, 15) is 17.2 Å². The molecule has 0 bridgehead atoms. The Morgan fingerprint density at radius 1 is 1.08 bits per heavy atom. The van der Waals surface area contributed by atoms with Crippen LogP contribution in [0.2, 0.25) is 0 Å². The highest BCUT2D eigenvalue weighted by Gasteiger charge is 2.37. The lowest BCUT2D eigenvalue weighted by Gasteiger charge is -2.37. The van der Waals surface area contributed by atoms with Crippen molar-refractivity contribution in [2.45, 2.75) is 25.3 Å². The summed E-state index contributed by atoms with van der Waals surface area (Å²) >= 11 is 0. The second kappa shape index (κ2) is 6.14. The Morgan fingerprint density at radius 3 is 2.64 bits per heavy atom. The van der Waals surface area contributed by atoms with E-state index in [1.807, 2.05) is 4.90 Å². The Morgan fingerprint density at radius 2 is 1.88 bits per heavy atom. The van der Waals surface area contributed by atoms with Gasteiger partial charge in [-0.15, -0.1) is 0 Å². The Labute approximate surface area is 144 Å². The van der Waals surface area contributed by atoms with Crippen LogP contribution in [0.25, 0.3) is 10.9 Å². The van der Waals surface area contributed by atoms with Crippen LogP contribution in [0.3, 0.4) is 0 Å². The molecule has 0 aliphatic carbocycles. The van der Waals surface area contributed by atoms with Crippen molar-refractivity contribution in [2.24, 2.45) is 0 Å². The number of piperidine rings is 1. The maximum absolute atomic E-state index is 13.7. The summed E-state index contributed by atoms with van der Waals surface area (Å²) in [5, 5.41) is 0.436. The van der Waals surface area contributed by atoms with Gasteiger partial charge in [0.1, 0.15) is 12.1 Å². The molecule has 1 atom stereocenters. The molecular weight excluding hydrogens is 350 g/mol. The monoisotopic (exact) mass is 368 g/mol. The number of halogens is 2. The Kier molecular flexibility index (Phi) is 4.07. The zero-order chi connectivity index (χ0) is 17.6. The van der Waals surface area contributed by atoms with Crippen LogP contribution in [-0.4, -0.2) is 54.1 Å². The number of hydrogen-bond acceptors (Lipinski definition) is 5. The summed E-state index contributed by atoms with van der Waals surface area (Å²) in [7, 11) is -3.18. The van der Waals surface area contributed by atoms with Gasteiger partial charge in [-0.2, -0.15) is 4.31 Å². The minimum Gasteiger partial charge on any atom is -0.354 e. The molecule has 9 heteroatoms. The van der Waals surface area contributed by atoms with E-state index in [4.69, 9.17) is 0 Å². The summed E-state index contributed by atoms with van der Waals surface area (Å²) in [4.78, 5) is 10.2. The van der Waals surface area contributed by atoms with Crippen molar-refractivity contribution < 1.29 is 17.2 Å². The number of benzene rings is 1. The number of anilines is 1. The maximum Gasteiger partial charge on any atom is 0.214 e. The van der Waals surface area contributed by atoms with E-state index in [2.05, 4.69) is 9.97 Å². The predicted octanol–water partition coefficient (Wildman–Crippen LogP) is 1.91. The molecular formula is C16H18F2N4O2S. The molecule has 4 rings (SSSR count). The largest absolute Gasteiger partial charge is 0.354 e. The van der Waals surface area contributed by atoms with E-state index in [1.165, 1.54) is 6.33 Å². The lowest BCUT2D eigenvalue weighted by atomic mass is 10.0. The van der Waals surface area contributed by atoms with Crippen LogP contribution in [0.1, 0.15) is 19.3 Å². The molecule has 3 heterocycles. The number of hydrogen-bond donors (Lipinski definition) is 0. The zero-order valence-corrected chi connectivity index (χ0v) is 14.3. The van der Waals surface area contributed by atoms with Crippen LogP contribution in [0, 0.1) is 11.6 Å². The van der Waals surface area contributed by atoms with Crippen molar-refractivity contribution in [1.82, 2.24) is 14.3 Å². The molecule has 2 aliphatic heterocycles. The number of fused-ring (bicyclic) bond motifs is 1.